The molecule has 208 valence electrons. The molecule has 0 unspecified atom stereocenters. The number of carbonyl (C=O) groups excluding carboxylic acids is 2. The Balaban J connectivity index is 2.06. The number of nitrogens with zero attached hydrogens (tertiary/aromatic N) is 2. The lowest BCUT2D eigenvalue weighted by Gasteiger charge is -2.33. The number of carbonyl (C=O) groups is 2. The van der Waals surface area contributed by atoms with E-state index in [1.54, 1.807) is 37.3 Å². The minimum absolute atomic E-state index is 0.0550. The topological polar surface area (TPSA) is 86.8 Å². The summed E-state index contributed by atoms with van der Waals surface area (Å²) in [7, 11) is -4.08. The van der Waals surface area contributed by atoms with Crippen molar-refractivity contribution in [3.05, 3.63) is 95.1 Å². The highest BCUT2D eigenvalue weighted by atomic mass is 32.2. The fourth-order valence-corrected chi connectivity index (χ4v) is 5.78. The van der Waals surface area contributed by atoms with Crippen LogP contribution in [0.15, 0.2) is 77.7 Å². The van der Waals surface area contributed by atoms with Crippen molar-refractivity contribution >= 4 is 27.5 Å². The van der Waals surface area contributed by atoms with Gasteiger partial charge in [0.05, 0.1) is 10.6 Å². The standard InChI is InChI=1S/C31H39N3O4S/c1-7-25(5)32-31(36)26(6)33(20-27-14-12-11-13-24(27)4)30(35)21-34(28-18-22(2)17-23(3)19-28)39(37,38)29-15-9-8-10-16-29/h8-19,25-26H,7,20-21H2,1-6H3,(H,32,36)/t25-,26-/m1/s1. The highest BCUT2D eigenvalue weighted by molar-refractivity contribution is 7.92. The van der Waals surface area contributed by atoms with Crippen molar-refractivity contribution in [1.82, 2.24) is 10.2 Å². The smallest absolute Gasteiger partial charge is 0.264 e. The molecule has 8 heteroatoms. The maximum absolute atomic E-state index is 14.0. The number of benzene rings is 3. The summed E-state index contributed by atoms with van der Waals surface area (Å²) >= 11 is 0. The van der Waals surface area contributed by atoms with Crippen molar-refractivity contribution in [1.29, 1.82) is 0 Å². The molecule has 0 aliphatic rings. The average molecular weight is 550 g/mol. The van der Waals surface area contributed by atoms with Crippen LogP contribution < -0.4 is 9.62 Å². The first kappa shape index (κ1) is 29.9. The zero-order valence-corrected chi connectivity index (χ0v) is 24.5. The third kappa shape index (κ3) is 7.47. The van der Waals surface area contributed by atoms with E-state index in [-0.39, 0.29) is 23.4 Å². The molecule has 0 heterocycles. The van der Waals surface area contributed by atoms with Gasteiger partial charge in [-0.2, -0.15) is 0 Å². The molecule has 3 rings (SSSR count). The monoisotopic (exact) mass is 549 g/mol. The van der Waals surface area contributed by atoms with Crippen LogP contribution in [0.1, 0.15) is 49.4 Å². The number of sulfonamides is 1. The van der Waals surface area contributed by atoms with Crippen molar-refractivity contribution in [3.63, 3.8) is 0 Å². The number of nitrogens with one attached hydrogen (secondary N) is 1. The van der Waals surface area contributed by atoms with E-state index in [4.69, 9.17) is 0 Å². The molecule has 2 atom stereocenters. The van der Waals surface area contributed by atoms with Gasteiger partial charge >= 0.3 is 0 Å². The zero-order valence-electron chi connectivity index (χ0n) is 23.6. The molecule has 0 aromatic heterocycles. The van der Waals surface area contributed by atoms with Crippen LogP contribution >= 0.6 is 0 Å². The summed E-state index contributed by atoms with van der Waals surface area (Å²) in [5.41, 5.74) is 4.02. The Kier molecular flexibility index (Phi) is 9.92. The van der Waals surface area contributed by atoms with E-state index >= 15 is 0 Å². The van der Waals surface area contributed by atoms with Gasteiger partial charge < -0.3 is 10.2 Å². The van der Waals surface area contributed by atoms with Crippen molar-refractivity contribution in [2.24, 2.45) is 0 Å². The van der Waals surface area contributed by atoms with Gasteiger partial charge in [0.15, 0.2) is 0 Å². The predicted octanol–water partition coefficient (Wildman–Crippen LogP) is 5.14. The minimum Gasteiger partial charge on any atom is -0.352 e. The van der Waals surface area contributed by atoms with E-state index in [0.29, 0.717) is 5.69 Å². The molecule has 3 aromatic carbocycles. The number of hydrogen-bond donors (Lipinski definition) is 1. The van der Waals surface area contributed by atoms with Crippen LogP contribution in [0.5, 0.6) is 0 Å². The molecule has 0 fully saturated rings. The van der Waals surface area contributed by atoms with Gasteiger partial charge in [0.1, 0.15) is 12.6 Å². The van der Waals surface area contributed by atoms with Crippen LogP contribution in [-0.4, -0.2) is 43.8 Å². The molecule has 0 saturated carbocycles. The predicted molar refractivity (Wildman–Crippen MR) is 156 cm³/mol. The maximum atomic E-state index is 14.0. The summed E-state index contributed by atoms with van der Waals surface area (Å²) in [6.07, 6.45) is 0.750. The Morgan fingerprint density at radius 3 is 2.05 bits per heavy atom. The first-order chi connectivity index (χ1) is 18.4. The first-order valence-corrected chi connectivity index (χ1v) is 14.7. The lowest BCUT2D eigenvalue weighted by Crippen LogP contribution is -2.52. The fourth-order valence-electron chi connectivity index (χ4n) is 4.36. The normalized spacial score (nSPS) is 12.9. The molecule has 0 aliphatic carbocycles. The van der Waals surface area contributed by atoms with Gasteiger partial charge in [-0.25, -0.2) is 8.42 Å². The molecule has 2 amide bonds. The van der Waals surface area contributed by atoms with E-state index in [1.807, 2.05) is 65.0 Å². The molecule has 3 aromatic rings. The summed E-state index contributed by atoms with van der Waals surface area (Å²) in [4.78, 5) is 28.7. The second-order valence-electron chi connectivity index (χ2n) is 10.1. The van der Waals surface area contributed by atoms with Gasteiger partial charge in [-0.3, -0.25) is 13.9 Å². The van der Waals surface area contributed by atoms with Crippen LogP contribution in [0.3, 0.4) is 0 Å². The summed E-state index contributed by atoms with van der Waals surface area (Å²) < 4.78 is 28.9. The summed E-state index contributed by atoms with van der Waals surface area (Å²) in [5.74, 6) is -0.751. The molecular formula is C31H39N3O4S. The Morgan fingerprint density at radius 1 is 0.872 bits per heavy atom. The lowest BCUT2D eigenvalue weighted by molar-refractivity contribution is -0.139. The van der Waals surface area contributed by atoms with Gasteiger partial charge in [0.2, 0.25) is 11.8 Å². The third-order valence-corrected chi connectivity index (χ3v) is 8.66. The lowest BCUT2D eigenvalue weighted by atomic mass is 10.1. The summed E-state index contributed by atoms with van der Waals surface area (Å²) in [6, 6.07) is 20.3. The van der Waals surface area contributed by atoms with Crippen molar-refractivity contribution in [2.45, 2.75) is 71.5 Å². The first-order valence-electron chi connectivity index (χ1n) is 13.2. The Bertz CT molecular complexity index is 1390. The third-order valence-electron chi connectivity index (χ3n) is 6.87. The van der Waals surface area contributed by atoms with Crippen LogP contribution in [0.4, 0.5) is 5.69 Å². The van der Waals surface area contributed by atoms with Crippen LogP contribution in [0.2, 0.25) is 0 Å². The molecule has 0 radical (unpaired) electrons. The second kappa shape index (κ2) is 12.9. The van der Waals surface area contributed by atoms with Gasteiger partial charge in [0, 0.05) is 12.6 Å². The Hall–Kier alpha value is -3.65. The maximum Gasteiger partial charge on any atom is 0.264 e. The molecule has 1 N–H and O–H groups in total. The second-order valence-corrected chi connectivity index (χ2v) is 12.0. The van der Waals surface area contributed by atoms with Crippen LogP contribution in [-0.2, 0) is 26.2 Å². The Labute approximate surface area is 232 Å². The largest absolute Gasteiger partial charge is 0.352 e. The molecule has 39 heavy (non-hydrogen) atoms. The summed E-state index contributed by atoms with van der Waals surface area (Å²) in [6.45, 7) is 11.0. The number of aryl methyl sites for hydroxylation is 3. The van der Waals surface area contributed by atoms with E-state index in [9.17, 15) is 18.0 Å². The van der Waals surface area contributed by atoms with E-state index < -0.39 is 28.5 Å². The molecule has 0 bridgehead atoms. The molecule has 7 nitrogen and oxygen atoms in total. The average Bonchev–Trinajstić information content (AvgIpc) is 2.90. The quantitative estimate of drug-likeness (QED) is 0.359. The van der Waals surface area contributed by atoms with Crippen LogP contribution in [0, 0.1) is 20.8 Å². The molecule has 0 spiro atoms. The van der Waals surface area contributed by atoms with Gasteiger partial charge in [-0.1, -0.05) is 55.5 Å². The zero-order chi connectivity index (χ0) is 28.7. The molecule has 0 aliphatic heterocycles. The van der Waals surface area contributed by atoms with Crippen molar-refractivity contribution < 1.29 is 18.0 Å². The summed E-state index contributed by atoms with van der Waals surface area (Å²) in [5, 5.41) is 2.96. The fraction of sp³-hybridized carbons (Fsp3) is 0.355. The molecular weight excluding hydrogens is 510 g/mol. The van der Waals surface area contributed by atoms with Gasteiger partial charge in [0.25, 0.3) is 10.0 Å². The number of rotatable bonds is 11. The minimum atomic E-state index is -4.08. The number of amides is 2. The Morgan fingerprint density at radius 2 is 1.46 bits per heavy atom. The van der Waals surface area contributed by atoms with E-state index in [1.165, 1.54) is 17.0 Å². The van der Waals surface area contributed by atoms with E-state index in [2.05, 4.69) is 5.32 Å². The number of anilines is 1. The highest BCUT2D eigenvalue weighted by Gasteiger charge is 2.33. The number of hydrogen-bond acceptors (Lipinski definition) is 4. The SMILES string of the molecule is CC[C@@H](C)NC(=O)[C@@H](C)N(Cc1ccccc1C)C(=O)CN(c1cc(C)cc(C)c1)S(=O)(=O)c1ccccc1. The highest BCUT2D eigenvalue weighted by Crippen LogP contribution is 2.27. The van der Waals surface area contributed by atoms with E-state index in [0.717, 1.165) is 33.0 Å². The van der Waals surface area contributed by atoms with Crippen molar-refractivity contribution in [2.75, 3.05) is 10.8 Å². The molecule has 0 saturated heterocycles. The van der Waals surface area contributed by atoms with Gasteiger partial charge in [-0.15, -0.1) is 0 Å². The van der Waals surface area contributed by atoms with Crippen molar-refractivity contribution in [3.8, 4) is 0 Å². The van der Waals surface area contributed by atoms with Crippen LogP contribution in [0.25, 0.3) is 0 Å². The van der Waals surface area contributed by atoms with Gasteiger partial charge in [-0.05, 0) is 87.6 Å².